The van der Waals surface area contributed by atoms with Gasteiger partial charge in [0, 0.05) is 41.8 Å². The van der Waals surface area contributed by atoms with E-state index in [-0.39, 0.29) is 17.0 Å². The fourth-order valence-electron chi connectivity index (χ4n) is 4.07. The molecule has 0 unspecified atom stereocenters. The molecule has 9 nitrogen and oxygen atoms in total. The third kappa shape index (κ3) is 4.41. The SMILES string of the molecule is CNCc1csc(-c2cnc3[nH]ccc3c2N[C@H]2C[C@@H](NS(=O)(=O)c3cccc(C#N)c3)C2)n1. The lowest BCUT2D eigenvalue weighted by Gasteiger charge is -2.37. The van der Waals surface area contributed by atoms with Crippen molar-refractivity contribution in [2.75, 3.05) is 12.4 Å². The molecule has 0 aliphatic heterocycles. The van der Waals surface area contributed by atoms with Crippen LogP contribution in [-0.4, -0.2) is 42.5 Å². The number of rotatable bonds is 8. The van der Waals surface area contributed by atoms with Crippen molar-refractivity contribution in [2.45, 2.75) is 36.4 Å². The quantitative estimate of drug-likeness (QED) is 0.296. The molecule has 0 saturated heterocycles. The third-order valence-electron chi connectivity index (χ3n) is 5.81. The number of pyridine rings is 1. The number of H-pyrrole nitrogens is 1. The molecule has 1 aliphatic carbocycles. The second kappa shape index (κ2) is 9.15. The summed E-state index contributed by atoms with van der Waals surface area (Å²) in [6, 6.07) is 9.93. The van der Waals surface area contributed by atoms with E-state index in [1.54, 1.807) is 23.5 Å². The van der Waals surface area contributed by atoms with Crippen LogP contribution in [0.25, 0.3) is 21.6 Å². The van der Waals surface area contributed by atoms with Crippen molar-refractivity contribution >= 4 is 38.1 Å². The van der Waals surface area contributed by atoms with Crippen molar-refractivity contribution in [1.29, 1.82) is 5.26 Å². The zero-order valence-electron chi connectivity index (χ0n) is 18.4. The van der Waals surface area contributed by atoms with Crippen LogP contribution in [0.4, 0.5) is 5.69 Å². The van der Waals surface area contributed by atoms with E-state index in [2.05, 4.69) is 25.3 Å². The first-order valence-electron chi connectivity index (χ1n) is 10.8. The first-order chi connectivity index (χ1) is 16.5. The van der Waals surface area contributed by atoms with Gasteiger partial charge < -0.3 is 15.6 Å². The standard InChI is InChI=1S/C23H23N7O2S2/c1-25-11-17-13-33-23(29-17)20-12-27-22-19(5-6-26-22)21(20)28-15-8-16(9-15)30-34(31,32)18-4-2-3-14(7-18)10-24/h2-7,12-13,15-16,25,30H,8-9,11H2,1H3,(H2,26,27,28)/t15-,16+. The van der Waals surface area contributed by atoms with Crippen molar-refractivity contribution in [3.63, 3.8) is 0 Å². The van der Waals surface area contributed by atoms with Crippen LogP contribution < -0.4 is 15.4 Å². The Bertz CT molecular complexity index is 1480. The maximum Gasteiger partial charge on any atom is 0.240 e. The van der Waals surface area contributed by atoms with Crippen molar-refractivity contribution < 1.29 is 8.42 Å². The lowest BCUT2D eigenvalue weighted by molar-refractivity contribution is 0.346. The monoisotopic (exact) mass is 493 g/mol. The van der Waals surface area contributed by atoms with Crippen LogP contribution in [0.5, 0.6) is 0 Å². The molecule has 1 fully saturated rings. The van der Waals surface area contributed by atoms with E-state index in [1.807, 2.05) is 37.0 Å². The Morgan fingerprint density at radius 3 is 2.91 bits per heavy atom. The summed E-state index contributed by atoms with van der Waals surface area (Å²) in [4.78, 5) is 12.5. The lowest BCUT2D eigenvalue weighted by atomic mass is 9.87. The number of nitrogens with zero attached hydrogens (tertiary/aromatic N) is 3. The number of anilines is 1. The zero-order valence-corrected chi connectivity index (χ0v) is 20.0. The van der Waals surface area contributed by atoms with Gasteiger partial charge >= 0.3 is 0 Å². The summed E-state index contributed by atoms with van der Waals surface area (Å²) < 4.78 is 28.2. The molecule has 3 heterocycles. The van der Waals surface area contributed by atoms with E-state index in [0.717, 1.165) is 33.0 Å². The highest BCUT2D eigenvalue weighted by molar-refractivity contribution is 7.89. The summed E-state index contributed by atoms with van der Waals surface area (Å²) in [5.41, 5.74) is 3.95. The first kappa shape index (κ1) is 22.5. The maximum atomic E-state index is 12.7. The fraction of sp³-hybridized carbons (Fsp3) is 0.261. The first-order valence-corrected chi connectivity index (χ1v) is 13.2. The minimum Gasteiger partial charge on any atom is -0.381 e. The van der Waals surface area contributed by atoms with Gasteiger partial charge in [-0.3, -0.25) is 0 Å². The summed E-state index contributed by atoms with van der Waals surface area (Å²) >= 11 is 1.57. The number of hydrogen-bond acceptors (Lipinski definition) is 8. The number of nitrogens with one attached hydrogen (secondary N) is 4. The Labute approximate surface area is 201 Å². The Hall–Kier alpha value is -3.30. The second-order valence-electron chi connectivity index (χ2n) is 8.23. The molecule has 1 aliphatic rings. The van der Waals surface area contributed by atoms with Gasteiger partial charge in [0.1, 0.15) is 10.7 Å². The van der Waals surface area contributed by atoms with Crippen molar-refractivity contribution in [3.8, 4) is 16.6 Å². The lowest BCUT2D eigenvalue weighted by Crippen LogP contribution is -2.49. The predicted molar refractivity (Wildman–Crippen MR) is 132 cm³/mol. The van der Waals surface area contributed by atoms with E-state index in [4.69, 9.17) is 10.2 Å². The van der Waals surface area contributed by atoms with E-state index in [1.165, 1.54) is 12.1 Å². The van der Waals surface area contributed by atoms with Gasteiger partial charge in [-0.1, -0.05) is 6.07 Å². The van der Waals surface area contributed by atoms with Gasteiger partial charge in [0.2, 0.25) is 10.0 Å². The number of aromatic nitrogens is 3. The molecule has 0 radical (unpaired) electrons. The molecule has 0 atom stereocenters. The predicted octanol–water partition coefficient (Wildman–Crippen LogP) is 3.20. The smallest absolute Gasteiger partial charge is 0.240 e. The molecule has 34 heavy (non-hydrogen) atoms. The van der Waals surface area contributed by atoms with Gasteiger partial charge in [0.05, 0.1) is 33.5 Å². The minimum atomic E-state index is -3.69. The second-order valence-corrected chi connectivity index (χ2v) is 10.8. The Balaban J connectivity index is 1.32. The number of fused-ring (bicyclic) bond motifs is 1. The Kier molecular flexibility index (Phi) is 6.05. The summed E-state index contributed by atoms with van der Waals surface area (Å²) in [5, 5.41) is 19.7. The topological polar surface area (TPSA) is 136 Å². The molecule has 1 saturated carbocycles. The van der Waals surface area contributed by atoms with Gasteiger partial charge in [0.15, 0.2) is 0 Å². The van der Waals surface area contributed by atoms with Crippen LogP contribution in [0.3, 0.4) is 0 Å². The average molecular weight is 494 g/mol. The van der Waals surface area contributed by atoms with E-state index in [0.29, 0.717) is 24.9 Å². The number of aromatic amines is 1. The number of sulfonamides is 1. The fourth-order valence-corrected chi connectivity index (χ4v) is 6.22. The number of nitriles is 1. The largest absolute Gasteiger partial charge is 0.381 e. The molecular weight excluding hydrogens is 470 g/mol. The highest BCUT2D eigenvalue weighted by atomic mass is 32.2. The van der Waals surface area contributed by atoms with Gasteiger partial charge in [-0.2, -0.15) is 5.26 Å². The summed E-state index contributed by atoms with van der Waals surface area (Å²) in [6.07, 6.45) is 4.97. The number of thiazole rings is 1. The van der Waals surface area contributed by atoms with Crippen molar-refractivity contribution in [1.82, 2.24) is 25.0 Å². The van der Waals surface area contributed by atoms with Crippen molar-refractivity contribution in [2.24, 2.45) is 0 Å². The highest BCUT2D eigenvalue weighted by Gasteiger charge is 2.33. The molecule has 1 aromatic carbocycles. The molecule has 3 aromatic heterocycles. The van der Waals surface area contributed by atoms with E-state index < -0.39 is 10.0 Å². The molecule has 174 valence electrons. The normalized spacial score (nSPS) is 17.9. The Morgan fingerprint density at radius 1 is 1.26 bits per heavy atom. The minimum absolute atomic E-state index is 0.106. The maximum absolute atomic E-state index is 12.7. The molecule has 0 bridgehead atoms. The van der Waals surface area contributed by atoms with Gasteiger partial charge in [0.25, 0.3) is 0 Å². The van der Waals surface area contributed by atoms with Gasteiger partial charge in [-0.25, -0.2) is 23.1 Å². The third-order valence-corrected chi connectivity index (χ3v) is 8.25. The number of hydrogen-bond donors (Lipinski definition) is 4. The van der Waals surface area contributed by atoms with Gasteiger partial charge in [-0.05, 0) is 44.2 Å². The highest BCUT2D eigenvalue weighted by Crippen LogP contribution is 2.37. The molecule has 5 rings (SSSR count). The molecule has 0 spiro atoms. The van der Waals surface area contributed by atoms with Crippen LogP contribution in [0.15, 0.2) is 53.0 Å². The summed E-state index contributed by atoms with van der Waals surface area (Å²) in [6.45, 7) is 0.695. The molecular formula is C23H23N7O2S2. The van der Waals surface area contributed by atoms with Crippen LogP contribution in [0.2, 0.25) is 0 Å². The molecule has 0 amide bonds. The molecule has 4 aromatic rings. The zero-order chi connectivity index (χ0) is 23.7. The molecule has 4 N–H and O–H groups in total. The van der Waals surface area contributed by atoms with Gasteiger partial charge in [-0.15, -0.1) is 11.3 Å². The average Bonchev–Trinajstić information content (AvgIpc) is 3.47. The van der Waals surface area contributed by atoms with E-state index in [9.17, 15) is 8.42 Å². The Morgan fingerprint density at radius 2 is 2.12 bits per heavy atom. The van der Waals surface area contributed by atoms with Crippen LogP contribution in [0.1, 0.15) is 24.1 Å². The van der Waals surface area contributed by atoms with Crippen LogP contribution in [0, 0.1) is 11.3 Å². The van der Waals surface area contributed by atoms with E-state index >= 15 is 0 Å². The van der Waals surface area contributed by atoms with Crippen LogP contribution in [-0.2, 0) is 16.6 Å². The molecule has 11 heteroatoms. The van der Waals surface area contributed by atoms with Crippen LogP contribution >= 0.6 is 11.3 Å². The number of benzene rings is 1. The summed E-state index contributed by atoms with van der Waals surface area (Å²) in [5.74, 6) is 0. The summed E-state index contributed by atoms with van der Waals surface area (Å²) in [7, 11) is -1.80. The van der Waals surface area contributed by atoms with Crippen molar-refractivity contribution in [3.05, 3.63) is 59.4 Å².